The first-order valence-electron chi connectivity index (χ1n) is 8.59. The molecule has 3 aromatic rings. The highest BCUT2D eigenvalue weighted by molar-refractivity contribution is 6.07. The fourth-order valence-electron chi connectivity index (χ4n) is 2.78. The molecule has 0 radical (unpaired) electrons. The molecule has 8 nitrogen and oxygen atoms in total. The van der Waals surface area contributed by atoms with Gasteiger partial charge in [0.15, 0.2) is 5.82 Å². The SMILES string of the molecule is COC(=O)c1ccc(NC(=O)c2cnn(-c3ccccn3)c2C)c(N(C)C)c1. The van der Waals surface area contributed by atoms with E-state index in [-0.39, 0.29) is 5.91 Å². The van der Waals surface area contributed by atoms with Crippen molar-refractivity contribution in [1.82, 2.24) is 14.8 Å². The molecule has 1 N–H and O–H groups in total. The number of esters is 1. The lowest BCUT2D eigenvalue weighted by atomic mass is 10.1. The van der Waals surface area contributed by atoms with Gasteiger partial charge >= 0.3 is 5.97 Å². The molecule has 0 aliphatic rings. The second-order valence-corrected chi connectivity index (χ2v) is 6.32. The molecular formula is C20H21N5O3. The maximum absolute atomic E-state index is 12.8. The topological polar surface area (TPSA) is 89.3 Å². The summed E-state index contributed by atoms with van der Waals surface area (Å²) in [6.45, 7) is 1.81. The van der Waals surface area contributed by atoms with E-state index in [1.165, 1.54) is 13.3 Å². The van der Waals surface area contributed by atoms with Crippen molar-refractivity contribution in [3.8, 4) is 5.82 Å². The van der Waals surface area contributed by atoms with Gasteiger partial charge in [-0.25, -0.2) is 14.5 Å². The number of nitrogens with zero attached hydrogens (tertiary/aromatic N) is 4. The number of ether oxygens (including phenoxy) is 1. The van der Waals surface area contributed by atoms with Crippen molar-refractivity contribution in [2.45, 2.75) is 6.92 Å². The van der Waals surface area contributed by atoms with E-state index in [2.05, 4.69) is 15.4 Å². The van der Waals surface area contributed by atoms with Gasteiger partial charge in [0.25, 0.3) is 5.91 Å². The molecule has 1 amide bonds. The predicted octanol–water partition coefficient (Wildman–Crippen LogP) is 2.68. The molecule has 0 spiro atoms. The summed E-state index contributed by atoms with van der Waals surface area (Å²) in [5.74, 6) is -0.0995. The van der Waals surface area contributed by atoms with E-state index < -0.39 is 5.97 Å². The number of carbonyl (C=O) groups excluding carboxylic acids is 2. The maximum atomic E-state index is 12.8. The van der Waals surface area contributed by atoms with Crippen LogP contribution < -0.4 is 10.2 Å². The maximum Gasteiger partial charge on any atom is 0.337 e. The summed E-state index contributed by atoms with van der Waals surface area (Å²) in [4.78, 5) is 30.7. The van der Waals surface area contributed by atoms with Gasteiger partial charge in [0.1, 0.15) is 0 Å². The minimum absolute atomic E-state index is 0.298. The molecule has 2 heterocycles. The molecule has 0 aliphatic carbocycles. The first-order valence-corrected chi connectivity index (χ1v) is 8.59. The van der Waals surface area contributed by atoms with E-state index in [4.69, 9.17) is 4.74 Å². The van der Waals surface area contributed by atoms with Crippen molar-refractivity contribution < 1.29 is 14.3 Å². The number of methoxy groups -OCH3 is 1. The Kier molecular flexibility index (Phi) is 5.39. The smallest absolute Gasteiger partial charge is 0.337 e. The highest BCUT2D eigenvalue weighted by Crippen LogP contribution is 2.27. The van der Waals surface area contributed by atoms with Gasteiger partial charge in [0, 0.05) is 20.3 Å². The van der Waals surface area contributed by atoms with Crippen LogP contribution in [0, 0.1) is 6.92 Å². The third-order valence-electron chi connectivity index (χ3n) is 4.27. The second kappa shape index (κ2) is 7.91. The Morgan fingerprint density at radius 2 is 1.96 bits per heavy atom. The Labute approximate surface area is 162 Å². The van der Waals surface area contributed by atoms with Gasteiger partial charge in [-0.3, -0.25) is 4.79 Å². The zero-order valence-corrected chi connectivity index (χ0v) is 16.1. The minimum atomic E-state index is -0.437. The van der Waals surface area contributed by atoms with Gasteiger partial charge in [-0.2, -0.15) is 5.10 Å². The minimum Gasteiger partial charge on any atom is -0.465 e. The molecule has 3 rings (SSSR count). The number of pyridine rings is 1. The number of amides is 1. The van der Waals surface area contributed by atoms with Crippen LogP contribution in [0.2, 0.25) is 0 Å². The summed E-state index contributed by atoms with van der Waals surface area (Å²) in [5.41, 5.74) is 2.78. The lowest BCUT2D eigenvalue weighted by Crippen LogP contribution is -2.18. The van der Waals surface area contributed by atoms with Crippen molar-refractivity contribution in [3.05, 3.63) is 65.6 Å². The molecule has 0 aliphatic heterocycles. The van der Waals surface area contributed by atoms with Gasteiger partial charge in [-0.1, -0.05) is 6.07 Å². The molecule has 0 atom stereocenters. The Balaban J connectivity index is 1.89. The number of benzene rings is 1. The molecule has 2 aromatic heterocycles. The molecular weight excluding hydrogens is 358 g/mol. The van der Waals surface area contributed by atoms with E-state index in [0.717, 1.165) is 0 Å². The molecule has 1 aromatic carbocycles. The fraction of sp³-hybridized carbons (Fsp3) is 0.200. The zero-order valence-electron chi connectivity index (χ0n) is 16.1. The Morgan fingerprint density at radius 3 is 2.61 bits per heavy atom. The lowest BCUT2D eigenvalue weighted by Gasteiger charge is -2.19. The lowest BCUT2D eigenvalue weighted by molar-refractivity contribution is 0.0600. The number of nitrogens with one attached hydrogen (secondary N) is 1. The van der Waals surface area contributed by atoms with E-state index in [9.17, 15) is 9.59 Å². The van der Waals surface area contributed by atoms with Crippen LogP contribution in [0.25, 0.3) is 5.82 Å². The molecule has 0 bridgehead atoms. The first kappa shape index (κ1) is 19.1. The van der Waals surface area contributed by atoms with Crippen molar-refractivity contribution in [3.63, 3.8) is 0 Å². The number of anilines is 2. The summed E-state index contributed by atoms with van der Waals surface area (Å²) >= 11 is 0. The molecule has 144 valence electrons. The van der Waals surface area contributed by atoms with Crippen LogP contribution in [0.4, 0.5) is 11.4 Å². The molecule has 0 fully saturated rings. The molecule has 8 heteroatoms. The highest BCUT2D eigenvalue weighted by atomic mass is 16.5. The van der Waals surface area contributed by atoms with Crippen LogP contribution >= 0.6 is 0 Å². The summed E-state index contributed by atoms with van der Waals surface area (Å²) in [6, 6.07) is 10.5. The number of hydrogen-bond donors (Lipinski definition) is 1. The van der Waals surface area contributed by atoms with Crippen LogP contribution in [0.3, 0.4) is 0 Å². The summed E-state index contributed by atoms with van der Waals surface area (Å²) in [6.07, 6.45) is 3.18. The fourth-order valence-corrected chi connectivity index (χ4v) is 2.78. The number of carbonyl (C=O) groups is 2. The van der Waals surface area contributed by atoms with Gasteiger partial charge < -0.3 is 15.0 Å². The number of hydrogen-bond acceptors (Lipinski definition) is 6. The summed E-state index contributed by atoms with van der Waals surface area (Å²) in [5, 5.41) is 7.17. The van der Waals surface area contributed by atoms with Gasteiger partial charge in [0.05, 0.1) is 41.5 Å². The Hall–Kier alpha value is -3.68. The normalized spacial score (nSPS) is 10.4. The van der Waals surface area contributed by atoms with Crippen molar-refractivity contribution >= 4 is 23.3 Å². The third-order valence-corrected chi connectivity index (χ3v) is 4.27. The predicted molar refractivity (Wildman–Crippen MR) is 106 cm³/mol. The van der Waals surface area contributed by atoms with Crippen LogP contribution in [-0.4, -0.2) is 47.8 Å². The number of aromatic nitrogens is 3. The van der Waals surface area contributed by atoms with Crippen molar-refractivity contribution in [1.29, 1.82) is 0 Å². The van der Waals surface area contributed by atoms with E-state index in [1.54, 1.807) is 29.1 Å². The molecule has 0 saturated carbocycles. The Bertz CT molecular complexity index is 1010. The average molecular weight is 379 g/mol. The van der Waals surface area contributed by atoms with Crippen LogP contribution in [0.15, 0.2) is 48.8 Å². The Morgan fingerprint density at radius 1 is 1.18 bits per heavy atom. The highest BCUT2D eigenvalue weighted by Gasteiger charge is 2.18. The molecule has 0 unspecified atom stereocenters. The quantitative estimate of drug-likeness (QED) is 0.686. The average Bonchev–Trinajstić information content (AvgIpc) is 3.09. The summed E-state index contributed by atoms with van der Waals surface area (Å²) < 4.78 is 6.37. The van der Waals surface area contributed by atoms with Gasteiger partial charge in [-0.05, 0) is 37.3 Å². The van der Waals surface area contributed by atoms with Crippen LogP contribution in [0.1, 0.15) is 26.4 Å². The summed E-state index contributed by atoms with van der Waals surface area (Å²) in [7, 11) is 4.99. The van der Waals surface area contributed by atoms with E-state index in [0.29, 0.717) is 34.0 Å². The van der Waals surface area contributed by atoms with Crippen LogP contribution in [0.5, 0.6) is 0 Å². The second-order valence-electron chi connectivity index (χ2n) is 6.32. The van der Waals surface area contributed by atoms with Crippen LogP contribution in [-0.2, 0) is 4.74 Å². The van der Waals surface area contributed by atoms with Crippen molar-refractivity contribution in [2.75, 3.05) is 31.4 Å². The van der Waals surface area contributed by atoms with Gasteiger partial charge in [0.2, 0.25) is 0 Å². The standard InChI is InChI=1S/C20H21N5O3/c1-13-15(12-22-25(13)18-7-5-6-10-21-18)19(26)23-16-9-8-14(20(27)28-4)11-17(16)24(2)3/h5-12H,1-4H3,(H,23,26). The zero-order chi connectivity index (χ0) is 20.3. The first-order chi connectivity index (χ1) is 13.4. The van der Waals surface area contributed by atoms with Gasteiger partial charge in [-0.15, -0.1) is 0 Å². The monoisotopic (exact) mass is 379 g/mol. The molecule has 28 heavy (non-hydrogen) atoms. The number of rotatable bonds is 5. The molecule has 0 saturated heterocycles. The largest absolute Gasteiger partial charge is 0.465 e. The third kappa shape index (κ3) is 3.71. The van der Waals surface area contributed by atoms with Crippen molar-refractivity contribution in [2.24, 2.45) is 0 Å². The van der Waals surface area contributed by atoms with E-state index >= 15 is 0 Å². The van der Waals surface area contributed by atoms with E-state index in [1.807, 2.05) is 44.1 Å².